The highest BCUT2D eigenvalue weighted by molar-refractivity contribution is 6.02. The lowest BCUT2D eigenvalue weighted by atomic mass is 9.86. The van der Waals surface area contributed by atoms with Crippen LogP contribution in [0.15, 0.2) is 24.9 Å². The van der Waals surface area contributed by atoms with E-state index in [1.165, 1.54) is 4.90 Å². The average molecular weight is 320 g/mol. The van der Waals surface area contributed by atoms with Crippen molar-refractivity contribution in [1.29, 1.82) is 0 Å². The number of fused-ring (bicyclic) bond motifs is 1. The van der Waals surface area contributed by atoms with E-state index in [0.29, 0.717) is 17.5 Å². The molecule has 0 bridgehead atoms. The van der Waals surface area contributed by atoms with Gasteiger partial charge in [-0.3, -0.25) is 9.36 Å². The van der Waals surface area contributed by atoms with Crippen molar-refractivity contribution in [3.8, 4) is 5.95 Å². The third-order valence-electron chi connectivity index (χ3n) is 4.30. The number of amides is 1. The van der Waals surface area contributed by atoms with Crippen molar-refractivity contribution in [3.63, 3.8) is 0 Å². The van der Waals surface area contributed by atoms with Gasteiger partial charge in [-0.15, -0.1) is 0 Å². The molecule has 0 radical (unpaired) electrons. The molecule has 0 atom stereocenters. The van der Waals surface area contributed by atoms with Crippen molar-refractivity contribution >= 4 is 17.4 Å². The number of alkyl halides is 2. The molecular formula is C14H14F2N6O. The SMILES string of the molecule is CN1C(=O)CN(C2CC(F)(F)C2)c2nc(-n3ccnc3)ncc21. The number of carbonyl (C=O) groups is 1. The molecule has 2 aromatic rings. The number of imidazole rings is 1. The van der Waals surface area contributed by atoms with E-state index < -0.39 is 5.92 Å². The van der Waals surface area contributed by atoms with Gasteiger partial charge in [0.2, 0.25) is 11.9 Å². The van der Waals surface area contributed by atoms with Crippen LogP contribution in [0, 0.1) is 0 Å². The van der Waals surface area contributed by atoms with E-state index in [2.05, 4.69) is 15.0 Å². The molecule has 7 nitrogen and oxygen atoms in total. The molecule has 1 amide bonds. The molecule has 23 heavy (non-hydrogen) atoms. The van der Waals surface area contributed by atoms with Gasteiger partial charge in [0.05, 0.1) is 12.7 Å². The minimum absolute atomic E-state index is 0.0463. The summed E-state index contributed by atoms with van der Waals surface area (Å²) in [5.41, 5.74) is 0.528. The van der Waals surface area contributed by atoms with Crippen molar-refractivity contribution in [1.82, 2.24) is 19.5 Å². The summed E-state index contributed by atoms with van der Waals surface area (Å²) in [4.78, 5) is 27.9. The van der Waals surface area contributed by atoms with Crippen LogP contribution in [0.4, 0.5) is 20.3 Å². The molecule has 9 heteroatoms. The molecule has 1 saturated carbocycles. The molecule has 0 aromatic carbocycles. The number of likely N-dealkylation sites (N-methyl/N-ethyl adjacent to an activating group) is 1. The summed E-state index contributed by atoms with van der Waals surface area (Å²) in [6, 6.07) is -0.382. The molecule has 120 valence electrons. The normalized spacial score (nSPS) is 20.4. The molecule has 0 unspecified atom stereocenters. The number of hydrogen-bond acceptors (Lipinski definition) is 5. The summed E-state index contributed by atoms with van der Waals surface area (Å²) in [5.74, 6) is -1.92. The van der Waals surface area contributed by atoms with E-state index in [1.54, 1.807) is 41.4 Å². The Morgan fingerprint density at radius 2 is 2.13 bits per heavy atom. The Morgan fingerprint density at radius 3 is 2.78 bits per heavy atom. The minimum atomic E-state index is -2.66. The zero-order chi connectivity index (χ0) is 16.2. The minimum Gasteiger partial charge on any atom is -0.342 e. The number of hydrogen-bond donors (Lipinski definition) is 0. The largest absolute Gasteiger partial charge is 0.342 e. The molecule has 0 N–H and O–H groups in total. The fraction of sp³-hybridized carbons (Fsp3) is 0.429. The van der Waals surface area contributed by atoms with Gasteiger partial charge in [0.1, 0.15) is 12.0 Å². The number of aromatic nitrogens is 4. The van der Waals surface area contributed by atoms with Crippen LogP contribution >= 0.6 is 0 Å². The highest BCUT2D eigenvalue weighted by atomic mass is 19.3. The molecule has 0 saturated heterocycles. The number of halogens is 2. The second-order valence-electron chi connectivity index (χ2n) is 5.85. The maximum Gasteiger partial charge on any atom is 0.252 e. The molecule has 2 aliphatic rings. The van der Waals surface area contributed by atoms with E-state index in [0.717, 1.165) is 0 Å². The van der Waals surface area contributed by atoms with Crippen LogP contribution in [-0.2, 0) is 4.79 Å². The first-order valence-electron chi connectivity index (χ1n) is 7.21. The Balaban J connectivity index is 1.75. The quantitative estimate of drug-likeness (QED) is 0.833. The average Bonchev–Trinajstić information content (AvgIpc) is 3.02. The number of rotatable bonds is 2. The monoisotopic (exact) mass is 320 g/mol. The molecule has 1 aliphatic carbocycles. The number of anilines is 2. The Kier molecular flexibility index (Phi) is 2.87. The Labute approximate surface area is 130 Å². The van der Waals surface area contributed by atoms with E-state index in [1.807, 2.05) is 0 Å². The highest BCUT2D eigenvalue weighted by Gasteiger charge is 2.50. The van der Waals surface area contributed by atoms with Crippen molar-refractivity contribution in [2.45, 2.75) is 24.8 Å². The summed E-state index contributed by atoms with van der Waals surface area (Å²) >= 11 is 0. The Bertz CT molecular complexity index is 755. The molecule has 4 rings (SSSR count). The molecule has 1 fully saturated rings. The molecule has 0 spiro atoms. The third kappa shape index (κ3) is 2.23. The summed E-state index contributed by atoms with van der Waals surface area (Å²) in [7, 11) is 1.63. The van der Waals surface area contributed by atoms with Crippen LogP contribution in [0.5, 0.6) is 0 Å². The van der Waals surface area contributed by atoms with Crippen LogP contribution in [0.25, 0.3) is 5.95 Å². The van der Waals surface area contributed by atoms with Crippen LogP contribution in [0.1, 0.15) is 12.8 Å². The maximum absolute atomic E-state index is 13.2. The summed E-state index contributed by atoms with van der Waals surface area (Å²) in [5, 5.41) is 0. The molecule has 2 aromatic heterocycles. The maximum atomic E-state index is 13.2. The molecule has 1 aliphatic heterocycles. The van der Waals surface area contributed by atoms with Crippen molar-refractivity contribution < 1.29 is 13.6 Å². The lowest BCUT2D eigenvalue weighted by Gasteiger charge is -2.45. The topological polar surface area (TPSA) is 67.2 Å². The van der Waals surface area contributed by atoms with Gasteiger partial charge in [-0.1, -0.05) is 0 Å². The van der Waals surface area contributed by atoms with Gasteiger partial charge in [0.25, 0.3) is 5.92 Å². The second-order valence-corrected chi connectivity index (χ2v) is 5.85. The lowest BCUT2D eigenvalue weighted by molar-refractivity contribution is -0.119. The first-order valence-corrected chi connectivity index (χ1v) is 7.21. The molecular weight excluding hydrogens is 306 g/mol. The van der Waals surface area contributed by atoms with Crippen LogP contribution < -0.4 is 9.80 Å². The fourth-order valence-electron chi connectivity index (χ4n) is 2.92. The first-order chi connectivity index (χ1) is 10.9. The first kappa shape index (κ1) is 14.0. The summed E-state index contributed by atoms with van der Waals surface area (Å²) in [6.45, 7) is 0.0463. The smallest absolute Gasteiger partial charge is 0.252 e. The summed E-state index contributed by atoms with van der Waals surface area (Å²) < 4.78 is 28.1. The summed E-state index contributed by atoms with van der Waals surface area (Å²) in [6.07, 6.45) is 5.88. The zero-order valence-corrected chi connectivity index (χ0v) is 12.4. The van der Waals surface area contributed by atoms with Crippen LogP contribution in [-0.4, -0.2) is 51.0 Å². The number of carbonyl (C=O) groups excluding carboxylic acids is 1. The zero-order valence-electron chi connectivity index (χ0n) is 12.4. The fourth-order valence-corrected chi connectivity index (χ4v) is 2.92. The van der Waals surface area contributed by atoms with Gasteiger partial charge in [0, 0.05) is 38.3 Å². The van der Waals surface area contributed by atoms with Crippen molar-refractivity contribution in [2.75, 3.05) is 23.4 Å². The van der Waals surface area contributed by atoms with Gasteiger partial charge < -0.3 is 9.80 Å². The Hall–Kier alpha value is -2.58. The third-order valence-corrected chi connectivity index (χ3v) is 4.30. The van der Waals surface area contributed by atoms with Gasteiger partial charge in [0.15, 0.2) is 5.82 Å². The molecule has 3 heterocycles. The number of nitrogens with zero attached hydrogens (tertiary/aromatic N) is 6. The van der Waals surface area contributed by atoms with Gasteiger partial charge in [-0.05, 0) is 0 Å². The van der Waals surface area contributed by atoms with E-state index in [4.69, 9.17) is 0 Å². The van der Waals surface area contributed by atoms with Crippen molar-refractivity contribution in [3.05, 3.63) is 24.9 Å². The predicted molar refractivity (Wildman–Crippen MR) is 77.9 cm³/mol. The van der Waals surface area contributed by atoms with Gasteiger partial charge in [-0.2, -0.15) is 4.98 Å². The van der Waals surface area contributed by atoms with E-state index >= 15 is 0 Å². The van der Waals surface area contributed by atoms with E-state index in [9.17, 15) is 13.6 Å². The van der Waals surface area contributed by atoms with Gasteiger partial charge >= 0.3 is 0 Å². The van der Waals surface area contributed by atoms with Crippen molar-refractivity contribution in [2.24, 2.45) is 0 Å². The predicted octanol–water partition coefficient (Wildman–Crippen LogP) is 1.24. The van der Waals surface area contributed by atoms with Gasteiger partial charge in [-0.25, -0.2) is 18.7 Å². The second kappa shape index (κ2) is 4.71. The van der Waals surface area contributed by atoms with Crippen LogP contribution in [0.3, 0.4) is 0 Å². The Morgan fingerprint density at radius 1 is 1.35 bits per heavy atom. The van der Waals surface area contributed by atoms with E-state index in [-0.39, 0.29) is 31.3 Å². The van der Waals surface area contributed by atoms with Crippen LogP contribution in [0.2, 0.25) is 0 Å². The lowest BCUT2D eigenvalue weighted by Crippen LogP contribution is -2.56. The standard InChI is InChI=1S/C14H14F2N6O/c1-20-10-6-18-13(21-3-2-17-8-21)19-12(10)22(7-11(20)23)9-4-14(15,16)5-9/h2-3,6,8-9H,4-5,7H2,1H3. The highest BCUT2D eigenvalue weighted by Crippen LogP contribution is 2.44.